The summed E-state index contributed by atoms with van der Waals surface area (Å²) in [5.74, 6) is -0.965. The number of sulfonamides is 1. The fourth-order valence-corrected chi connectivity index (χ4v) is 3.79. The predicted octanol–water partition coefficient (Wildman–Crippen LogP) is 4.55. The number of halogens is 2. The maximum Gasteiger partial charge on any atom is 0.366 e. The van der Waals surface area contributed by atoms with E-state index in [1.54, 1.807) is 18.2 Å². The van der Waals surface area contributed by atoms with E-state index in [0.29, 0.717) is 9.49 Å². The van der Waals surface area contributed by atoms with Gasteiger partial charge in [0, 0.05) is 11.1 Å². The molecule has 6 nitrogen and oxygen atoms in total. The van der Waals surface area contributed by atoms with Crippen molar-refractivity contribution in [3.63, 3.8) is 0 Å². The molecule has 1 heterocycles. The topological polar surface area (TPSA) is 76.8 Å². The number of carbonyl (C=O) groups is 1. The van der Waals surface area contributed by atoms with Gasteiger partial charge >= 0.3 is 5.97 Å². The van der Waals surface area contributed by atoms with Crippen LogP contribution in [0.2, 0.25) is 10.0 Å². The third-order valence-electron chi connectivity index (χ3n) is 3.29. The van der Waals surface area contributed by atoms with Crippen molar-refractivity contribution in [1.29, 1.82) is 0 Å². The highest BCUT2D eigenvalue weighted by Gasteiger charge is 2.30. The van der Waals surface area contributed by atoms with Crippen LogP contribution in [0.1, 0.15) is 10.4 Å². The molecule has 1 aromatic heterocycles. The number of anilines is 1. The van der Waals surface area contributed by atoms with E-state index in [1.165, 1.54) is 42.7 Å². The summed E-state index contributed by atoms with van der Waals surface area (Å²) in [6.45, 7) is 0. The first kappa shape index (κ1) is 18.3. The molecule has 0 bridgehead atoms. The van der Waals surface area contributed by atoms with Crippen molar-refractivity contribution in [2.24, 2.45) is 0 Å². The molecule has 0 spiro atoms. The van der Waals surface area contributed by atoms with E-state index in [2.05, 4.69) is 0 Å². The van der Waals surface area contributed by atoms with Gasteiger partial charge in [-0.25, -0.2) is 4.79 Å². The van der Waals surface area contributed by atoms with Crippen molar-refractivity contribution in [2.75, 3.05) is 4.47 Å². The van der Waals surface area contributed by atoms with Crippen LogP contribution < -0.4 is 4.47 Å². The third kappa shape index (κ3) is 3.70. The van der Waals surface area contributed by atoms with Crippen molar-refractivity contribution >= 4 is 44.9 Å². The zero-order chi connectivity index (χ0) is 18.7. The first-order valence-corrected chi connectivity index (χ1v) is 9.39. The first-order valence-electron chi connectivity index (χ1n) is 7.19. The summed E-state index contributed by atoms with van der Waals surface area (Å²) in [4.78, 5) is 17.6. The summed E-state index contributed by atoms with van der Waals surface area (Å²) in [7, 11) is -4.19. The van der Waals surface area contributed by atoms with Crippen LogP contribution in [0.3, 0.4) is 0 Å². The second-order valence-electron chi connectivity index (χ2n) is 5.03. The van der Waals surface area contributed by atoms with Gasteiger partial charge in [-0.15, -0.1) is 0 Å². The van der Waals surface area contributed by atoms with Crippen LogP contribution in [-0.4, -0.2) is 14.4 Å². The van der Waals surface area contributed by atoms with E-state index >= 15 is 0 Å². The number of furan rings is 1. The predicted molar refractivity (Wildman–Crippen MR) is 96.7 cm³/mol. The van der Waals surface area contributed by atoms with Crippen LogP contribution >= 0.6 is 23.2 Å². The molecule has 3 rings (SSSR count). The molecular weight excluding hydrogens is 401 g/mol. The van der Waals surface area contributed by atoms with Crippen molar-refractivity contribution in [2.45, 2.75) is 4.90 Å². The molecule has 3 aromatic rings. The lowest BCUT2D eigenvalue weighted by Crippen LogP contribution is -2.33. The Morgan fingerprint density at radius 3 is 2.38 bits per heavy atom. The van der Waals surface area contributed by atoms with Crippen LogP contribution in [0.5, 0.6) is 0 Å². The van der Waals surface area contributed by atoms with Gasteiger partial charge in [0.1, 0.15) is 12.0 Å². The molecule has 0 fully saturated rings. The van der Waals surface area contributed by atoms with E-state index in [0.717, 1.165) is 6.26 Å². The highest BCUT2D eigenvalue weighted by atomic mass is 35.5. The second-order valence-corrected chi connectivity index (χ2v) is 7.63. The number of hydrogen-bond donors (Lipinski definition) is 0. The molecule has 0 amide bonds. The fraction of sp³-hybridized carbons (Fsp3) is 0. The Morgan fingerprint density at radius 2 is 1.77 bits per heavy atom. The van der Waals surface area contributed by atoms with Crippen LogP contribution in [0.4, 0.5) is 5.69 Å². The van der Waals surface area contributed by atoms with Gasteiger partial charge in [-0.05, 0) is 30.3 Å². The molecule has 0 atom stereocenters. The van der Waals surface area contributed by atoms with Gasteiger partial charge in [0.05, 0.1) is 21.7 Å². The SMILES string of the molecule is O=C(ON(c1ccoc1)S(=O)(=O)c1ccccc1)c1ccc(Cl)cc1Cl. The Hall–Kier alpha value is -2.48. The first-order chi connectivity index (χ1) is 12.4. The summed E-state index contributed by atoms with van der Waals surface area (Å²) in [5, 5.41) is 0.363. The molecule has 2 aromatic carbocycles. The van der Waals surface area contributed by atoms with E-state index in [1.807, 2.05) is 0 Å². The Kier molecular flexibility index (Phi) is 5.22. The van der Waals surface area contributed by atoms with E-state index in [-0.39, 0.29) is 21.2 Å². The second kappa shape index (κ2) is 7.41. The summed E-state index contributed by atoms with van der Waals surface area (Å²) in [6, 6.07) is 13.0. The molecule has 26 heavy (non-hydrogen) atoms. The molecule has 0 saturated carbocycles. The number of carbonyl (C=O) groups excluding carboxylic acids is 1. The average Bonchev–Trinajstić information content (AvgIpc) is 3.14. The van der Waals surface area contributed by atoms with Crippen molar-refractivity contribution < 1.29 is 22.5 Å². The lowest BCUT2D eigenvalue weighted by molar-refractivity contribution is 0.0528. The molecule has 0 aliphatic carbocycles. The van der Waals surface area contributed by atoms with Crippen LogP contribution in [0.15, 0.2) is 76.4 Å². The van der Waals surface area contributed by atoms with Crippen molar-refractivity contribution in [1.82, 2.24) is 0 Å². The van der Waals surface area contributed by atoms with Crippen LogP contribution in [0.25, 0.3) is 0 Å². The average molecular weight is 412 g/mol. The minimum atomic E-state index is -4.19. The van der Waals surface area contributed by atoms with E-state index in [4.69, 9.17) is 32.5 Å². The molecule has 0 radical (unpaired) electrons. The summed E-state index contributed by atoms with van der Waals surface area (Å²) in [6.07, 6.45) is 2.39. The lowest BCUT2D eigenvalue weighted by atomic mass is 10.2. The summed E-state index contributed by atoms with van der Waals surface area (Å²) in [5.41, 5.74) is -0.0138. The maximum absolute atomic E-state index is 12.9. The van der Waals surface area contributed by atoms with Crippen LogP contribution in [0, 0.1) is 0 Å². The molecule has 0 aliphatic heterocycles. The Morgan fingerprint density at radius 1 is 1.04 bits per heavy atom. The highest BCUT2D eigenvalue weighted by Crippen LogP contribution is 2.27. The number of hydrogen-bond acceptors (Lipinski definition) is 5. The molecule has 0 aliphatic rings. The third-order valence-corrected chi connectivity index (χ3v) is 5.43. The van der Waals surface area contributed by atoms with Gasteiger partial charge in [0.15, 0.2) is 0 Å². The van der Waals surface area contributed by atoms with Gasteiger partial charge in [-0.3, -0.25) is 0 Å². The molecule has 134 valence electrons. The molecule has 0 N–H and O–H groups in total. The summed E-state index contributed by atoms with van der Waals surface area (Å²) < 4.78 is 31.2. The smallest absolute Gasteiger partial charge is 0.366 e. The molecule has 0 unspecified atom stereocenters. The quantitative estimate of drug-likeness (QED) is 0.575. The van der Waals surface area contributed by atoms with Gasteiger partial charge in [-0.2, -0.15) is 8.42 Å². The van der Waals surface area contributed by atoms with Gasteiger partial charge < -0.3 is 9.25 Å². The van der Waals surface area contributed by atoms with Gasteiger partial charge in [-0.1, -0.05) is 45.9 Å². The maximum atomic E-state index is 12.9. The number of rotatable bonds is 5. The zero-order valence-corrected chi connectivity index (χ0v) is 15.3. The Labute approximate surface area is 159 Å². The zero-order valence-electron chi connectivity index (χ0n) is 13.0. The Balaban J connectivity index is 1.99. The molecular formula is C17H11Cl2NO5S. The highest BCUT2D eigenvalue weighted by molar-refractivity contribution is 7.92. The van der Waals surface area contributed by atoms with Crippen LogP contribution in [-0.2, 0) is 14.9 Å². The lowest BCUT2D eigenvalue weighted by Gasteiger charge is -2.21. The monoisotopic (exact) mass is 411 g/mol. The minimum absolute atomic E-state index is 0.0206. The molecule has 0 saturated heterocycles. The minimum Gasteiger partial charge on any atom is -0.470 e. The largest absolute Gasteiger partial charge is 0.470 e. The number of nitrogens with zero attached hydrogens (tertiary/aromatic N) is 1. The fourth-order valence-electron chi connectivity index (χ4n) is 2.07. The van der Waals surface area contributed by atoms with E-state index in [9.17, 15) is 13.2 Å². The molecule has 9 heteroatoms. The number of benzene rings is 2. The van der Waals surface area contributed by atoms with E-state index < -0.39 is 16.0 Å². The van der Waals surface area contributed by atoms with Crippen molar-refractivity contribution in [3.8, 4) is 0 Å². The Bertz CT molecular complexity index is 1020. The van der Waals surface area contributed by atoms with Gasteiger partial charge in [0.25, 0.3) is 10.0 Å². The standard InChI is InChI=1S/C17H11Cl2NO5S/c18-12-6-7-15(16(19)10-12)17(21)25-20(13-8-9-24-11-13)26(22,23)14-4-2-1-3-5-14/h1-11H. The summed E-state index contributed by atoms with van der Waals surface area (Å²) >= 11 is 11.8. The normalized spacial score (nSPS) is 11.2. The van der Waals surface area contributed by atoms with Gasteiger partial charge in [0.2, 0.25) is 0 Å². The van der Waals surface area contributed by atoms with Crippen molar-refractivity contribution in [3.05, 3.63) is 82.7 Å².